The quantitative estimate of drug-likeness (QED) is 0.694. The summed E-state index contributed by atoms with van der Waals surface area (Å²) in [6, 6.07) is 0.329. The van der Waals surface area contributed by atoms with Crippen molar-refractivity contribution in [1.29, 1.82) is 0 Å². The third-order valence-corrected chi connectivity index (χ3v) is 4.35. The summed E-state index contributed by atoms with van der Waals surface area (Å²) in [5, 5.41) is 3.22. The fourth-order valence-electron chi connectivity index (χ4n) is 2.68. The van der Waals surface area contributed by atoms with E-state index in [1.807, 2.05) is 0 Å². The normalized spacial score (nSPS) is 25.8. The van der Waals surface area contributed by atoms with Crippen LogP contribution in [0.2, 0.25) is 0 Å². The summed E-state index contributed by atoms with van der Waals surface area (Å²) in [5.41, 5.74) is 0. The Bertz CT molecular complexity index is 232. The van der Waals surface area contributed by atoms with Crippen molar-refractivity contribution in [3.63, 3.8) is 0 Å². The molecule has 0 aromatic heterocycles. The summed E-state index contributed by atoms with van der Waals surface area (Å²) in [5.74, 6) is 1.62. The van der Waals surface area contributed by atoms with Crippen LogP contribution in [0.3, 0.4) is 0 Å². The molecule has 100 valence electrons. The maximum Gasteiger partial charge on any atom is 0.223 e. The first-order valence-electron chi connectivity index (χ1n) is 7.09. The van der Waals surface area contributed by atoms with Gasteiger partial charge in [-0.25, -0.2) is 0 Å². The number of nitrogens with one attached hydrogen (secondary N) is 1. The van der Waals surface area contributed by atoms with E-state index in [1.165, 1.54) is 12.8 Å². The highest BCUT2D eigenvalue weighted by atomic mass is 35.5. The van der Waals surface area contributed by atoms with Gasteiger partial charge in [-0.3, -0.25) is 4.79 Å². The zero-order valence-corrected chi connectivity index (χ0v) is 11.9. The summed E-state index contributed by atoms with van der Waals surface area (Å²) in [4.78, 5) is 12.1. The monoisotopic (exact) mass is 259 g/mol. The third kappa shape index (κ3) is 4.50. The van der Waals surface area contributed by atoms with Crippen LogP contribution in [0, 0.1) is 11.8 Å². The van der Waals surface area contributed by atoms with E-state index in [0.29, 0.717) is 17.8 Å². The standard InChI is InChI=1S/C14H26ClNO/c1-3-5-7-11(4-2)14(17)16-13-9-6-8-12(13)10-15/h11-13H,3-10H2,1-2H3,(H,16,17). The van der Waals surface area contributed by atoms with Crippen LogP contribution in [0.25, 0.3) is 0 Å². The van der Waals surface area contributed by atoms with E-state index in [9.17, 15) is 4.79 Å². The molecule has 0 radical (unpaired) electrons. The van der Waals surface area contributed by atoms with Gasteiger partial charge in [0.15, 0.2) is 0 Å². The van der Waals surface area contributed by atoms with Crippen LogP contribution in [0.1, 0.15) is 58.8 Å². The van der Waals surface area contributed by atoms with Crippen LogP contribution in [-0.2, 0) is 4.79 Å². The molecule has 0 saturated heterocycles. The maximum atomic E-state index is 12.1. The molecule has 1 N–H and O–H groups in total. The lowest BCUT2D eigenvalue weighted by molar-refractivity contribution is -0.126. The number of rotatable bonds is 7. The van der Waals surface area contributed by atoms with Gasteiger partial charge in [0, 0.05) is 17.8 Å². The van der Waals surface area contributed by atoms with Gasteiger partial charge < -0.3 is 5.32 Å². The molecule has 1 amide bonds. The smallest absolute Gasteiger partial charge is 0.223 e. The van der Waals surface area contributed by atoms with E-state index in [-0.39, 0.29) is 11.8 Å². The van der Waals surface area contributed by atoms with E-state index in [1.54, 1.807) is 0 Å². The highest BCUT2D eigenvalue weighted by molar-refractivity contribution is 6.18. The molecule has 2 nitrogen and oxygen atoms in total. The predicted molar refractivity (Wildman–Crippen MR) is 73.3 cm³/mol. The first-order valence-corrected chi connectivity index (χ1v) is 7.62. The fourth-order valence-corrected chi connectivity index (χ4v) is 3.05. The molecule has 1 saturated carbocycles. The third-order valence-electron chi connectivity index (χ3n) is 3.95. The Morgan fingerprint density at radius 3 is 2.76 bits per heavy atom. The molecule has 1 aliphatic carbocycles. The van der Waals surface area contributed by atoms with Gasteiger partial charge in [0.1, 0.15) is 0 Å². The van der Waals surface area contributed by atoms with Gasteiger partial charge >= 0.3 is 0 Å². The van der Waals surface area contributed by atoms with Crippen molar-refractivity contribution in [3.8, 4) is 0 Å². The predicted octanol–water partition coefficient (Wildman–Crippen LogP) is 3.73. The maximum absolute atomic E-state index is 12.1. The minimum absolute atomic E-state index is 0.200. The van der Waals surface area contributed by atoms with Crippen molar-refractivity contribution in [3.05, 3.63) is 0 Å². The topological polar surface area (TPSA) is 29.1 Å². The number of unbranched alkanes of at least 4 members (excludes halogenated alkanes) is 1. The van der Waals surface area contributed by atoms with Crippen molar-refractivity contribution < 1.29 is 4.79 Å². The molecular formula is C14H26ClNO. The summed E-state index contributed by atoms with van der Waals surface area (Å²) in [7, 11) is 0. The van der Waals surface area contributed by atoms with Gasteiger partial charge in [0.2, 0.25) is 5.91 Å². The molecular weight excluding hydrogens is 234 g/mol. The van der Waals surface area contributed by atoms with Crippen LogP contribution in [0.4, 0.5) is 0 Å². The van der Waals surface area contributed by atoms with Gasteiger partial charge in [-0.1, -0.05) is 33.1 Å². The van der Waals surface area contributed by atoms with Crippen molar-refractivity contribution >= 4 is 17.5 Å². The number of carbonyl (C=O) groups is 1. The molecule has 17 heavy (non-hydrogen) atoms. The molecule has 0 spiro atoms. The molecule has 0 aromatic carbocycles. The molecule has 0 bridgehead atoms. The molecule has 3 atom stereocenters. The zero-order valence-electron chi connectivity index (χ0n) is 11.2. The largest absolute Gasteiger partial charge is 0.353 e. The first kappa shape index (κ1) is 14.8. The molecule has 3 unspecified atom stereocenters. The van der Waals surface area contributed by atoms with Gasteiger partial charge in [0.05, 0.1) is 0 Å². The molecule has 1 rings (SSSR count). The second kappa shape index (κ2) is 7.97. The summed E-state index contributed by atoms with van der Waals surface area (Å²) in [6.45, 7) is 4.28. The fraction of sp³-hybridized carbons (Fsp3) is 0.929. The minimum atomic E-state index is 0.200. The number of hydrogen-bond acceptors (Lipinski definition) is 1. The zero-order chi connectivity index (χ0) is 12.7. The lowest BCUT2D eigenvalue weighted by Gasteiger charge is -2.22. The Labute approximate surface area is 110 Å². The molecule has 3 heteroatoms. The average molecular weight is 260 g/mol. The molecule has 0 aliphatic heterocycles. The van der Waals surface area contributed by atoms with Crippen LogP contribution in [0.5, 0.6) is 0 Å². The van der Waals surface area contributed by atoms with Crippen molar-refractivity contribution in [2.24, 2.45) is 11.8 Å². The van der Waals surface area contributed by atoms with Crippen molar-refractivity contribution in [1.82, 2.24) is 5.32 Å². The Morgan fingerprint density at radius 1 is 1.41 bits per heavy atom. The summed E-state index contributed by atoms with van der Waals surface area (Å²) < 4.78 is 0. The minimum Gasteiger partial charge on any atom is -0.353 e. The highest BCUT2D eigenvalue weighted by Gasteiger charge is 2.29. The van der Waals surface area contributed by atoms with Gasteiger partial charge in [-0.15, -0.1) is 11.6 Å². The second-order valence-corrected chi connectivity index (χ2v) is 5.52. The molecule has 1 fully saturated rings. The van der Waals surface area contributed by atoms with Crippen molar-refractivity contribution in [2.75, 3.05) is 5.88 Å². The number of amides is 1. The van der Waals surface area contributed by atoms with Crippen LogP contribution >= 0.6 is 11.6 Å². The van der Waals surface area contributed by atoms with Gasteiger partial charge in [0.25, 0.3) is 0 Å². The van der Waals surface area contributed by atoms with Crippen LogP contribution in [-0.4, -0.2) is 17.8 Å². The highest BCUT2D eigenvalue weighted by Crippen LogP contribution is 2.27. The summed E-state index contributed by atoms with van der Waals surface area (Å²) in [6.07, 6.45) is 7.76. The van der Waals surface area contributed by atoms with Gasteiger partial charge in [-0.2, -0.15) is 0 Å². The van der Waals surface area contributed by atoms with E-state index < -0.39 is 0 Å². The molecule has 1 aliphatic rings. The van der Waals surface area contributed by atoms with E-state index in [2.05, 4.69) is 19.2 Å². The average Bonchev–Trinajstić information content (AvgIpc) is 2.77. The Hall–Kier alpha value is -0.240. The second-order valence-electron chi connectivity index (χ2n) is 5.21. The van der Waals surface area contributed by atoms with E-state index >= 15 is 0 Å². The van der Waals surface area contributed by atoms with Crippen LogP contribution in [0.15, 0.2) is 0 Å². The molecule has 0 heterocycles. The number of alkyl halides is 1. The number of carbonyl (C=O) groups excluding carboxylic acids is 1. The van der Waals surface area contributed by atoms with E-state index in [4.69, 9.17) is 11.6 Å². The Balaban J connectivity index is 2.40. The van der Waals surface area contributed by atoms with E-state index in [0.717, 1.165) is 32.1 Å². The first-order chi connectivity index (χ1) is 8.22. The Kier molecular flexibility index (Phi) is 6.94. The van der Waals surface area contributed by atoms with Gasteiger partial charge in [-0.05, 0) is 31.6 Å². The Morgan fingerprint density at radius 2 is 2.18 bits per heavy atom. The lowest BCUT2D eigenvalue weighted by Crippen LogP contribution is -2.41. The summed E-state index contributed by atoms with van der Waals surface area (Å²) >= 11 is 5.93. The number of hydrogen-bond donors (Lipinski definition) is 1. The van der Waals surface area contributed by atoms with Crippen molar-refractivity contribution in [2.45, 2.75) is 64.8 Å². The SMILES string of the molecule is CCCCC(CC)C(=O)NC1CCCC1CCl. The lowest BCUT2D eigenvalue weighted by atomic mass is 9.97. The van der Waals surface area contributed by atoms with Crippen LogP contribution < -0.4 is 5.32 Å². The molecule has 0 aromatic rings. The number of halogens is 1.